The zero-order chi connectivity index (χ0) is 43.0. The zero-order valence-electron chi connectivity index (χ0n) is 34.5. The average molecular weight is 820 g/mol. The molecule has 2 aliphatic rings. The fourth-order valence-electron chi connectivity index (χ4n) is 7.89. The van der Waals surface area contributed by atoms with Crippen molar-refractivity contribution in [1.29, 1.82) is 0 Å². The van der Waals surface area contributed by atoms with Gasteiger partial charge in [0.05, 0.1) is 42.6 Å². The molecule has 308 valence electrons. The summed E-state index contributed by atoms with van der Waals surface area (Å²) in [5.74, 6) is 0. The largest absolute Gasteiger partial charge is 0.444 e. The number of ether oxygens (including phenoxy) is 1. The second-order valence-electron chi connectivity index (χ2n) is 16.3. The summed E-state index contributed by atoms with van der Waals surface area (Å²) in [5.41, 5.74) is 15.7. The number of anilines is 1. The Kier molecular flexibility index (Phi) is 10.7. The van der Waals surface area contributed by atoms with Gasteiger partial charge in [-0.1, -0.05) is 84.9 Å². The van der Waals surface area contributed by atoms with Crippen molar-refractivity contribution in [1.82, 2.24) is 19.9 Å². The van der Waals surface area contributed by atoms with E-state index in [4.69, 9.17) is 14.7 Å². The molecule has 0 aliphatic carbocycles. The van der Waals surface area contributed by atoms with Gasteiger partial charge in [-0.2, -0.15) is 0 Å². The molecule has 5 heterocycles. The molecule has 8 bridgehead atoms. The molecule has 0 saturated carbocycles. The highest BCUT2D eigenvalue weighted by molar-refractivity contribution is 6.00. The minimum absolute atomic E-state index is 0.0651. The number of fused-ring (bicyclic) bond motifs is 8. The molecule has 1 amide bonds. The van der Waals surface area contributed by atoms with Crippen LogP contribution in [0.4, 0.5) is 10.5 Å². The molecule has 10 nitrogen and oxygen atoms in total. The number of H-pyrrole nitrogens is 2. The normalized spacial score (nSPS) is 12.2. The lowest BCUT2D eigenvalue weighted by Crippen LogP contribution is -2.27. The summed E-state index contributed by atoms with van der Waals surface area (Å²) in [6.07, 6.45) is 7.56. The Bertz CT molecular complexity index is 3000. The smallest absolute Gasteiger partial charge is 0.412 e. The molecule has 7 aromatic rings. The SMILES string of the molecule is CC(C)(C)OC(=O)Nc1ccc(-c2c3nc(c(-c4ccc(CO)cc4)c4ccc([nH]4)c(-c4ccc(CO)cc4)c4nc(c(-c5ccc(CO)cc5)c5ccc2[nH]5)C=C4)C=C3)cc1. The molecule has 0 unspecified atom stereocenters. The molecule has 9 rings (SSSR count). The molecule has 4 aromatic carbocycles. The number of hydrogen-bond acceptors (Lipinski definition) is 7. The van der Waals surface area contributed by atoms with Gasteiger partial charge in [-0.25, -0.2) is 14.8 Å². The van der Waals surface area contributed by atoms with Crippen LogP contribution >= 0.6 is 0 Å². The highest BCUT2D eigenvalue weighted by atomic mass is 16.6. The number of aromatic amines is 2. The van der Waals surface area contributed by atoms with Crippen LogP contribution in [0.5, 0.6) is 0 Å². The van der Waals surface area contributed by atoms with E-state index in [1.165, 1.54) is 0 Å². The number of aliphatic hydroxyl groups excluding tert-OH is 3. The number of nitrogens with zero attached hydrogens (tertiary/aromatic N) is 2. The van der Waals surface area contributed by atoms with Gasteiger partial charge in [-0.05, 0) is 120 Å². The number of nitrogens with one attached hydrogen (secondary N) is 3. The maximum absolute atomic E-state index is 12.7. The minimum Gasteiger partial charge on any atom is -0.444 e. The zero-order valence-corrected chi connectivity index (χ0v) is 34.5. The highest BCUT2D eigenvalue weighted by Gasteiger charge is 2.20. The van der Waals surface area contributed by atoms with E-state index in [2.05, 4.69) is 33.5 Å². The molecule has 0 saturated heterocycles. The molecular weight excluding hydrogens is 775 g/mol. The first-order valence-electron chi connectivity index (χ1n) is 20.4. The van der Waals surface area contributed by atoms with E-state index < -0.39 is 11.7 Å². The van der Waals surface area contributed by atoms with Crippen LogP contribution in [0.3, 0.4) is 0 Å². The van der Waals surface area contributed by atoms with Gasteiger partial charge in [0.15, 0.2) is 0 Å². The van der Waals surface area contributed by atoms with Gasteiger partial charge in [0, 0.05) is 50.0 Å². The number of aromatic nitrogens is 4. The predicted octanol–water partition coefficient (Wildman–Crippen LogP) is 11.1. The number of amides is 1. The van der Waals surface area contributed by atoms with Crippen molar-refractivity contribution in [2.24, 2.45) is 0 Å². The van der Waals surface area contributed by atoms with Crippen molar-refractivity contribution in [3.63, 3.8) is 0 Å². The molecule has 3 aromatic heterocycles. The summed E-state index contributed by atoms with van der Waals surface area (Å²) in [6.45, 7) is 5.27. The Morgan fingerprint density at radius 2 is 0.774 bits per heavy atom. The average Bonchev–Trinajstić information content (AvgIpc) is 4.12. The van der Waals surface area contributed by atoms with Crippen molar-refractivity contribution in [2.75, 3.05) is 5.32 Å². The second-order valence-corrected chi connectivity index (χ2v) is 16.3. The topological polar surface area (TPSA) is 156 Å². The van der Waals surface area contributed by atoms with Gasteiger partial charge >= 0.3 is 6.09 Å². The molecule has 0 radical (unpaired) electrons. The Hall–Kier alpha value is -7.37. The van der Waals surface area contributed by atoms with Gasteiger partial charge in [-0.15, -0.1) is 0 Å². The van der Waals surface area contributed by atoms with Gasteiger partial charge in [0.25, 0.3) is 0 Å². The lowest BCUT2D eigenvalue weighted by atomic mass is 10.0. The van der Waals surface area contributed by atoms with Crippen molar-refractivity contribution in [3.8, 4) is 44.5 Å². The number of carbonyl (C=O) groups excluding carboxylic acids is 1. The van der Waals surface area contributed by atoms with Crippen molar-refractivity contribution >= 4 is 58.2 Å². The highest BCUT2D eigenvalue weighted by Crippen LogP contribution is 2.39. The van der Waals surface area contributed by atoms with Crippen LogP contribution in [0.1, 0.15) is 60.2 Å². The number of aliphatic hydroxyl groups is 3. The van der Waals surface area contributed by atoms with Gasteiger partial charge in [0.2, 0.25) is 0 Å². The summed E-state index contributed by atoms with van der Waals surface area (Å²) in [7, 11) is 0. The van der Waals surface area contributed by atoms with E-state index in [0.29, 0.717) is 5.69 Å². The van der Waals surface area contributed by atoms with Crippen LogP contribution in [-0.2, 0) is 24.6 Å². The maximum Gasteiger partial charge on any atom is 0.412 e. The van der Waals surface area contributed by atoms with Gasteiger partial charge in [0.1, 0.15) is 5.60 Å². The van der Waals surface area contributed by atoms with Crippen LogP contribution in [0, 0.1) is 0 Å². The Morgan fingerprint density at radius 1 is 0.484 bits per heavy atom. The number of carbonyl (C=O) groups is 1. The summed E-state index contributed by atoms with van der Waals surface area (Å²) in [6, 6.07) is 39.3. The first-order valence-corrected chi connectivity index (χ1v) is 20.4. The van der Waals surface area contributed by atoms with Crippen molar-refractivity contribution < 1.29 is 24.9 Å². The molecule has 0 spiro atoms. The van der Waals surface area contributed by atoms with E-state index in [0.717, 1.165) is 106 Å². The monoisotopic (exact) mass is 819 g/mol. The summed E-state index contributed by atoms with van der Waals surface area (Å²) < 4.78 is 5.50. The minimum atomic E-state index is -0.641. The first-order chi connectivity index (χ1) is 30.1. The Balaban J connectivity index is 1.36. The van der Waals surface area contributed by atoms with E-state index in [9.17, 15) is 20.1 Å². The van der Waals surface area contributed by atoms with Crippen LogP contribution in [0.15, 0.2) is 121 Å². The Labute approximate surface area is 358 Å². The van der Waals surface area contributed by atoms with Crippen molar-refractivity contribution in [2.45, 2.75) is 46.2 Å². The number of hydrogen-bond donors (Lipinski definition) is 6. The number of rotatable bonds is 8. The number of benzene rings is 4. The lowest BCUT2D eigenvalue weighted by Gasteiger charge is -2.19. The molecule has 10 heteroatoms. The van der Waals surface area contributed by atoms with Crippen LogP contribution in [0.2, 0.25) is 0 Å². The quantitative estimate of drug-likeness (QED) is 0.0891. The van der Waals surface area contributed by atoms with Crippen LogP contribution < -0.4 is 5.32 Å². The van der Waals surface area contributed by atoms with Crippen LogP contribution in [0.25, 0.3) is 90.9 Å². The van der Waals surface area contributed by atoms with E-state index in [1.54, 1.807) is 0 Å². The van der Waals surface area contributed by atoms with Crippen LogP contribution in [-0.4, -0.2) is 46.9 Å². The predicted molar refractivity (Wildman–Crippen MR) is 248 cm³/mol. The second kappa shape index (κ2) is 16.6. The van der Waals surface area contributed by atoms with Gasteiger partial charge in [-0.3, -0.25) is 5.32 Å². The standard InChI is InChI=1S/C52H45N5O5/c1-52(2,3)62-51(61)53-38-18-16-37(17-19-38)50-45-26-24-43(56-45)48(35-12-6-32(29-59)7-13-35)41-22-20-39(54-41)47(34-10-4-31(28-58)5-11-34)40-21-23-42(55-40)49(44-25-27-46(50)57-44)36-14-8-33(30-60)9-15-36/h4-27,54,57-60H,28-30H2,1-3H3,(H,53,61). The molecule has 62 heavy (non-hydrogen) atoms. The van der Waals surface area contributed by atoms with Gasteiger partial charge < -0.3 is 30.0 Å². The fourth-order valence-corrected chi connectivity index (χ4v) is 7.89. The van der Waals surface area contributed by atoms with Crippen molar-refractivity contribution in [3.05, 3.63) is 161 Å². The summed E-state index contributed by atoms with van der Waals surface area (Å²) >= 11 is 0. The fraction of sp³-hybridized carbons (Fsp3) is 0.135. The summed E-state index contributed by atoms with van der Waals surface area (Å²) in [5, 5.41) is 32.5. The molecule has 0 atom stereocenters. The third-order valence-corrected chi connectivity index (χ3v) is 10.8. The molecular formula is C52H45N5O5. The molecule has 2 aliphatic heterocycles. The third-order valence-electron chi connectivity index (χ3n) is 10.8. The van der Waals surface area contributed by atoms with E-state index in [1.807, 2.05) is 148 Å². The lowest BCUT2D eigenvalue weighted by molar-refractivity contribution is 0.0636. The van der Waals surface area contributed by atoms with E-state index in [-0.39, 0.29) is 19.8 Å². The molecule has 6 N–H and O–H groups in total. The molecule has 0 fully saturated rings. The Morgan fingerprint density at radius 3 is 1.05 bits per heavy atom. The third kappa shape index (κ3) is 8.10. The maximum atomic E-state index is 12.7. The van der Waals surface area contributed by atoms with E-state index >= 15 is 0 Å². The first kappa shape index (κ1) is 40.1. The summed E-state index contributed by atoms with van der Waals surface area (Å²) in [4.78, 5) is 30.8.